The van der Waals surface area contributed by atoms with Crippen LogP contribution in [0.5, 0.6) is 0 Å². The lowest BCUT2D eigenvalue weighted by Crippen LogP contribution is -2.28. The van der Waals surface area contributed by atoms with E-state index in [-0.39, 0.29) is 0 Å². The molecule has 0 amide bonds. The van der Waals surface area contributed by atoms with Gasteiger partial charge < -0.3 is 4.89 Å². The summed E-state index contributed by atoms with van der Waals surface area (Å²) < 4.78 is 19.2. The molecule has 1 rings (SSSR count). The standard InChI is InChI=1S/C5H11ClNO4P/c6-10-12(8,9)11-7-4-2-1-3-5-7/h1-5H2,(H,8,9). The molecule has 1 N–H and O–H groups in total. The number of hydroxylamine groups is 2. The maximum Gasteiger partial charge on any atom is 0.505 e. The normalized spacial score (nSPS) is 25.2. The van der Waals surface area contributed by atoms with Crippen molar-refractivity contribution in [2.24, 2.45) is 0 Å². The molecule has 0 aromatic carbocycles. The number of rotatable bonds is 3. The van der Waals surface area contributed by atoms with Gasteiger partial charge in [-0.2, -0.15) is 13.8 Å². The van der Waals surface area contributed by atoms with Crippen LogP contribution < -0.4 is 0 Å². The van der Waals surface area contributed by atoms with E-state index in [2.05, 4.69) is 8.70 Å². The van der Waals surface area contributed by atoms with E-state index in [1.54, 1.807) is 0 Å². The van der Waals surface area contributed by atoms with Crippen molar-refractivity contribution in [1.29, 1.82) is 0 Å². The van der Waals surface area contributed by atoms with Crippen LogP contribution in [-0.4, -0.2) is 23.0 Å². The third-order valence-electron chi connectivity index (χ3n) is 1.62. The number of hydrogen-bond donors (Lipinski definition) is 1. The van der Waals surface area contributed by atoms with Gasteiger partial charge in [0, 0.05) is 13.1 Å². The molecule has 7 heteroatoms. The Kier molecular flexibility index (Phi) is 3.96. The predicted octanol–water partition coefficient (Wildman–Crippen LogP) is 1.67. The van der Waals surface area contributed by atoms with Gasteiger partial charge in [-0.1, -0.05) is 6.42 Å². The lowest BCUT2D eigenvalue weighted by Gasteiger charge is -2.25. The second-order valence-corrected chi connectivity index (χ2v) is 4.26. The van der Waals surface area contributed by atoms with Crippen LogP contribution in [0.15, 0.2) is 0 Å². The molecule has 1 fully saturated rings. The molecule has 1 aliphatic heterocycles. The Hall–Kier alpha value is 0.360. The summed E-state index contributed by atoms with van der Waals surface area (Å²) in [4.78, 5) is 8.81. The average molecular weight is 216 g/mol. The fourth-order valence-corrected chi connectivity index (χ4v) is 1.66. The van der Waals surface area contributed by atoms with Crippen LogP contribution in [0.25, 0.3) is 0 Å². The predicted molar refractivity (Wildman–Crippen MR) is 43.3 cm³/mol. The Morgan fingerprint density at radius 1 is 1.33 bits per heavy atom. The highest BCUT2D eigenvalue weighted by molar-refractivity contribution is 7.48. The highest BCUT2D eigenvalue weighted by Gasteiger charge is 2.26. The van der Waals surface area contributed by atoms with E-state index in [0.717, 1.165) is 19.3 Å². The number of phosphoric acid groups is 1. The summed E-state index contributed by atoms with van der Waals surface area (Å²) in [6.45, 7) is 1.29. The van der Waals surface area contributed by atoms with Crippen molar-refractivity contribution in [1.82, 2.24) is 5.06 Å². The third-order valence-corrected chi connectivity index (χ3v) is 2.76. The Labute approximate surface area is 76.0 Å². The molecular formula is C5H11ClNO4P. The first-order valence-corrected chi connectivity index (χ1v) is 5.52. The molecule has 0 spiro atoms. The van der Waals surface area contributed by atoms with Crippen LogP contribution in [0.1, 0.15) is 19.3 Å². The van der Waals surface area contributed by atoms with Gasteiger partial charge in [0.15, 0.2) is 0 Å². The minimum Gasteiger partial charge on any atom is -0.301 e. The van der Waals surface area contributed by atoms with Gasteiger partial charge in [0.2, 0.25) is 0 Å². The minimum absolute atomic E-state index is 0.644. The third kappa shape index (κ3) is 3.39. The van der Waals surface area contributed by atoms with Crippen molar-refractivity contribution in [3.8, 4) is 0 Å². The van der Waals surface area contributed by atoms with Crippen molar-refractivity contribution >= 4 is 19.7 Å². The van der Waals surface area contributed by atoms with Gasteiger partial charge in [-0.05, 0) is 12.8 Å². The van der Waals surface area contributed by atoms with E-state index in [4.69, 9.17) is 16.8 Å². The van der Waals surface area contributed by atoms with Crippen molar-refractivity contribution in [3.05, 3.63) is 0 Å². The molecule has 0 aromatic rings. The molecule has 1 unspecified atom stereocenters. The number of halogens is 1. The summed E-state index contributed by atoms with van der Waals surface area (Å²) in [6, 6.07) is 0. The van der Waals surface area contributed by atoms with Crippen LogP contribution in [0.3, 0.4) is 0 Å². The number of piperidine rings is 1. The summed E-state index contributed by atoms with van der Waals surface area (Å²) in [5.41, 5.74) is 0. The maximum absolute atomic E-state index is 10.8. The quantitative estimate of drug-likeness (QED) is 0.726. The highest BCUT2D eigenvalue weighted by atomic mass is 35.5. The summed E-state index contributed by atoms with van der Waals surface area (Å²) in [7, 11) is -4.05. The van der Waals surface area contributed by atoms with E-state index in [9.17, 15) is 4.57 Å². The van der Waals surface area contributed by atoms with Gasteiger partial charge in [-0.3, -0.25) is 0 Å². The molecule has 0 aliphatic carbocycles. The number of hydrogen-bond acceptors (Lipinski definition) is 4. The van der Waals surface area contributed by atoms with Crippen molar-refractivity contribution < 1.29 is 18.2 Å². The van der Waals surface area contributed by atoms with Gasteiger partial charge in [0.1, 0.15) is 0 Å². The molecule has 0 radical (unpaired) electrons. The van der Waals surface area contributed by atoms with Gasteiger partial charge >= 0.3 is 7.82 Å². The zero-order chi connectivity index (χ0) is 9.03. The van der Waals surface area contributed by atoms with Crippen molar-refractivity contribution in [2.45, 2.75) is 19.3 Å². The maximum atomic E-state index is 10.8. The molecule has 12 heavy (non-hydrogen) atoms. The fraction of sp³-hybridized carbons (Fsp3) is 1.00. The number of nitrogens with zero attached hydrogens (tertiary/aromatic N) is 1. The van der Waals surface area contributed by atoms with Gasteiger partial charge in [0.05, 0.1) is 11.9 Å². The monoisotopic (exact) mass is 215 g/mol. The van der Waals surface area contributed by atoms with Crippen LogP contribution in [-0.2, 0) is 13.3 Å². The van der Waals surface area contributed by atoms with E-state index in [1.165, 1.54) is 5.06 Å². The molecule has 0 bridgehead atoms. The smallest absolute Gasteiger partial charge is 0.301 e. The average Bonchev–Trinajstić information content (AvgIpc) is 2.06. The second-order valence-electron chi connectivity index (χ2n) is 2.61. The van der Waals surface area contributed by atoms with Crippen LogP contribution in [0, 0.1) is 0 Å². The molecule has 1 aliphatic rings. The summed E-state index contributed by atoms with van der Waals surface area (Å²) in [5.74, 6) is 0. The molecule has 1 heterocycles. The molecule has 1 saturated heterocycles. The molecule has 1 atom stereocenters. The zero-order valence-electron chi connectivity index (χ0n) is 6.48. The Bertz CT molecular complexity index is 184. The lowest BCUT2D eigenvalue weighted by atomic mass is 10.2. The van der Waals surface area contributed by atoms with Crippen LogP contribution in [0.4, 0.5) is 0 Å². The lowest BCUT2D eigenvalue weighted by molar-refractivity contribution is -0.0905. The Balaban J connectivity index is 2.34. The first kappa shape index (κ1) is 10.4. The highest BCUT2D eigenvalue weighted by Crippen LogP contribution is 2.45. The van der Waals surface area contributed by atoms with Gasteiger partial charge in [0.25, 0.3) is 0 Å². The molecule has 5 nitrogen and oxygen atoms in total. The van der Waals surface area contributed by atoms with E-state index < -0.39 is 7.82 Å². The van der Waals surface area contributed by atoms with E-state index in [1.807, 2.05) is 0 Å². The molecule has 0 saturated carbocycles. The van der Waals surface area contributed by atoms with Crippen LogP contribution in [0.2, 0.25) is 0 Å². The SMILES string of the molecule is O=P(O)(OCl)ON1CCCCC1. The molecule has 0 aromatic heterocycles. The van der Waals surface area contributed by atoms with Crippen LogP contribution >= 0.6 is 19.7 Å². The zero-order valence-corrected chi connectivity index (χ0v) is 8.13. The van der Waals surface area contributed by atoms with Crippen molar-refractivity contribution in [2.75, 3.05) is 13.1 Å². The first-order valence-electron chi connectivity index (χ1n) is 3.72. The first-order chi connectivity index (χ1) is 5.64. The van der Waals surface area contributed by atoms with Crippen molar-refractivity contribution in [3.63, 3.8) is 0 Å². The van der Waals surface area contributed by atoms with E-state index >= 15 is 0 Å². The summed E-state index contributed by atoms with van der Waals surface area (Å²) >= 11 is 4.75. The Morgan fingerprint density at radius 2 is 1.92 bits per heavy atom. The summed E-state index contributed by atoms with van der Waals surface area (Å²) in [6.07, 6.45) is 3.04. The van der Waals surface area contributed by atoms with E-state index in [0.29, 0.717) is 13.1 Å². The van der Waals surface area contributed by atoms with Gasteiger partial charge in [-0.25, -0.2) is 4.57 Å². The summed E-state index contributed by atoms with van der Waals surface area (Å²) in [5, 5.41) is 1.41. The topological polar surface area (TPSA) is 59.0 Å². The molecular weight excluding hydrogens is 204 g/mol. The largest absolute Gasteiger partial charge is 0.505 e. The van der Waals surface area contributed by atoms with Gasteiger partial charge in [-0.15, -0.1) is 0 Å². The molecule has 72 valence electrons. The fourth-order valence-electron chi connectivity index (χ4n) is 1.11. The minimum atomic E-state index is -4.05. The second kappa shape index (κ2) is 4.56. The Morgan fingerprint density at radius 3 is 2.42 bits per heavy atom.